The summed E-state index contributed by atoms with van der Waals surface area (Å²) in [6.45, 7) is 2.52. The zero-order valence-corrected chi connectivity index (χ0v) is 18.9. The van der Waals surface area contributed by atoms with Gasteiger partial charge in [-0.15, -0.1) is 0 Å². The molecule has 172 valence electrons. The molecule has 0 spiro atoms. The third-order valence-electron chi connectivity index (χ3n) is 5.95. The Labute approximate surface area is 193 Å². The van der Waals surface area contributed by atoms with Crippen LogP contribution in [0.3, 0.4) is 0 Å². The van der Waals surface area contributed by atoms with Gasteiger partial charge in [0.1, 0.15) is 17.3 Å². The minimum absolute atomic E-state index is 0.115. The zero-order valence-electron chi connectivity index (χ0n) is 18.9. The first-order valence-electron chi connectivity index (χ1n) is 11.0. The fourth-order valence-electron chi connectivity index (χ4n) is 4.10. The Morgan fingerprint density at radius 3 is 2.58 bits per heavy atom. The standard InChI is InChI=1S/C26H28FN3O3/c1-32-23-7-9-25(33-2)20(15-23)17-30-12-10-22(11-13-30)29-26(31)19-6-8-24(28-16-19)18-4-3-5-21(27)14-18/h3-9,14-16,22H,10-13,17H2,1-2H3,(H,29,31). The Morgan fingerprint density at radius 1 is 1.09 bits per heavy atom. The molecule has 2 heterocycles. The molecule has 4 rings (SSSR count). The zero-order chi connectivity index (χ0) is 23.2. The molecule has 33 heavy (non-hydrogen) atoms. The van der Waals surface area contributed by atoms with Gasteiger partial charge >= 0.3 is 0 Å². The molecule has 0 aliphatic carbocycles. The van der Waals surface area contributed by atoms with Gasteiger partial charge in [-0.3, -0.25) is 14.7 Å². The van der Waals surface area contributed by atoms with Crippen LogP contribution in [0, 0.1) is 5.82 Å². The summed E-state index contributed by atoms with van der Waals surface area (Å²) in [7, 11) is 3.33. The largest absolute Gasteiger partial charge is 0.497 e. The predicted octanol–water partition coefficient (Wildman–Crippen LogP) is 4.30. The second-order valence-corrected chi connectivity index (χ2v) is 8.14. The number of nitrogens with zero attached hydrogens (tertiary/aromatic N) is 2. The molecule has 0 atom stereocenters. The van der Waals surface area contributed by atoms with Crippen molar-refractivity contribution in [1.29, 1.82) is 0 Å². The lowest BCUT2D eigenvalue weighted by molar-refractivity contribution is 0.0908. The van der Waals surface area contributed by atoms with Crippen molar-refractivity contribution in [3.8, 4) is 22.8 Å². The van der Waals surface area contributed by atoms with Crippen molar-refractivity contribution in [2.45, 2.75) is 25.4 Å². The van der Waals surface area contributed by atoms with E-state index in [4.69, 9.17) is 9.47 Å². The second kappa shape index (κ2) is 10.4. The van der Waals surface area contributed by atoms with Gasteiger partial charge in [-0.1, -0.05) is 12.1 Å². The van der Waals surface area contributed by atoms with Gasteiger partial charge in [0.05, 0.1) is 25.5 Å². The van der Waals surface area contributed by atoms with E-state index in [1.807, 2.05) is 18.2 Å². The van der Waals surface area contributed by atoms with Gasteiger partial charge in [-0.25, -0.2) is 4.39 Å². The van der Waals surface area contributed by atoms with Crippen LogP contribution in [-0.2, 0) is 6.54 Å². The molecule has 1 saturated heterocycles. The number of rotatable bonds is 7. The first kappa shape index (κ1) is 22.7. The number of aromatic nitrogens is 1. The number of methoxy groups -OCH3 is 2. The van der Waals surface area contributed by atoms with Crippen LogP contribution in [0.4, 0.5) is 4.39 Å². The highest BCUT2D eigenvalue weighted by molar-refractivity contribution is 5.94. The molecule has 0 unspecified atom stereocenters. The predicted molar refractivity (Wildman–Crippen MR) is 125 cm³/mol. The SMILES string of the molecule is COc1ccc(OC)c(CN2CCC(NC(=O)c3ccc(-c4cccc(F)c4)nc3)CC2)c1. The van der Waals surface area contributed by atoms with E-state index in [-0.39, 0.29) is 17.8 Å². The Bertz CT molecular complexity index is 1100. The number of hydrogen-bond donors (Lipinski definition) is 1. The Morgan fingerprint density at radius 2 is 1.91 bits per heavy atom. The molecule has 1 N–H and O–H groups in total. The molecule has 7 heteroatoms. The lowest BCUT2D eigenvalue weighted by atomic mass is 10.0. The number of likely N-dealkylation sites (tertiary alicyclic amines) is 1. The highest BCUT2D eigenvalue weighted by Crippen LogP contribution is 2.26. The average Bonchev–Trinajstić information content (AvgIpc) is 2.85. The van der Waals surface area contributed by atoms with E-state index in [1.54, 1.807) is 44.7 Å². The van der Waals surface area contributed by atoms with Gasteiger partial charge in [0.2, 0.25) is 0 Å². The minimum atomic E-state index is -0.313. The topological polar surface area (TPSA) is 63.7 Å². The summed E-state index contributed by atoms with van der Waals surface area (Å²) in [4.78, 5) is 19.4. The van der Waals surface area contributed by atoms with Gasteiger partial charge in [-0.05, 0) is 55.3 Å². The molecule has 1 amide bonds. The van der Waals surface area contributed by atoms with E-state index in [0.29, 0.717) is 16.8 Å². The number of ether oxygens (including phenoxy) is 2. The lowest BCUT2D eigenvalue weighted by Gasteiger charge is -2.32. The van der Waals surface area contributed by atoms with Crippen molar-refractivity contribution >= 4 is 5.91 Å². The fraction of sp³-hybridized carbons (Fsp3) is 0.308. The van der Waals surface area contributed by atoms with Crippen molar-refractivity contribution in [2.24, 2.45) is 0 Å². The van der Waals surface area contributed by atoms with Gasteiger partial charge in [0.25, 0.3) is 5.91 Å². The summed E-state index contributed by atoms with van der Waals surface area (Å²) in [5.41, 5.74) is 2.90. The molecule has 1 fully saturated rings. The monoisotopic (exact) mass is 449 g/mol. The average molecular weight is 450 g/mol. The van der Waals surface area contributed by atoms with E-state index in [1.165, 1.54) is 12.1 Å². The van der Waals surface area contributed by atoms with Gasteiger partial charge < -0.3 is 14.8 Å². The summed E-state index contributed by atoms with van der Waals surface area (Å²) in [5, 5.41) is 3.12. The highest BCUT2D eigenvalue weighted by Gasteiger charge is 2.22. The molecular weight excluding hydrogens is 421 g/mol. The van der Waals surface area contributed by atoms with E-state index in [0.717, 1.165) is 49.5 Å². The smallest absolute Gasteiger partial charge is 0.253 e. The van der Waals surface area contributed by atoms with Crippen molar-refractivity contribution in [3.63, 3.8) is 0 Å². The quantitative estimate of drug-likeness (QED) is 0.583. The Hall–Kier alpha value is -3.45. The fourth-order valence-corrected chi connectivity index (χ4v) is 4.10. The third-order valence-corrected chi connectivity index (χ3v) is 5.95. The van der Waals surface area contributed by atoms with Gasteiger partial charge in [0, 0.05) is 43.0 Å². The number of carbonyl (C=O) groups is 1. The van der Waals surface area contributed by atoms with Crippen molar-refractivity contribution in [3.05, 3.63) is 77.7 Å². The Balaban J connectivity index is 1.30. The summed E-state index contributed by atoms with van der Waals surface area (Å²) in [5.74, 6) is 1.21. The second-order valence-electron chi connectivity index (χ2n) is 8.14. The van der Waals surface area contributed by atoms with E-state index in [9.17, 15) is 9.18 Å². The van der Waals surface area contributed by atoms with Crippen molar-refractivity contribution in [2.75, 3.05) is 27.3 Å². The normalized spacial score (nSPS) is 14.6. The number of nitrogens with one attached hydrogen (secondary N) is 1. The van der Waals surface area contributed by atoms with Gasteiger partial charge in [0.15, 0.2) is 0 Å². The molecule has 1 aliphatic heterocycles. The first-order valence-corrected chi connectivity index (χ1v) is 11.0. The van der Waals surface area contributed by atoms with Crippen molar-refractivity contribution < 1.29 is 18.7 Å². The van der Waals surface area contributed by atoms with Crippen LogP contribution in [0.2, 0.25) is 0 Å². The third kappa shape index (κ3) is 5.68. The van der Waals surface area contributed by atoms with E-state index >= 15 is 0 Å². The van der Waals surface area contributed by atoms with Crippen LogP contribution in [0.25, 0.3) is 11.3 Å². The highest BCUT2D eigenvalue weighted by atomic mass is 19.1. The molecule has 2 aromatic carbocycles. The number of pyridine rings is 1. The molecular formula is C26H28FN3O3. The molecule has 3 aromatic rings. The van der Waals surface area contributed by atoms with Crippen LogP contribution >= 0.6 is 0 Å². The maximum atomic E-state index is 13.4. The first-order chi connectivity index (χ1) is 16.1. The molecule has 0 radical (unpaired) electrons. The van der Waals surface area contributed by atoms with Crippen LogP contribution in [-0.4, -0.2) is 49.1 Å². The maximum Gasteiger partial charge on any atom is 0.253 e. The molecule has 0 bridgehead atoms. The lowest BCUT2D eigenvalue weighted by Crippen LogP contribution is -2.44. The number of hydrogen-bond acceptors (Lipinski definition) is 5. The van der Waals surface area contributed by atoms with Gasteiger partial charge in [-0.2, -0.15) is 0 Å². The van der Waals surface area contributed by atoms with Crippen LogP contribution < -0.4 is 14.8 Å². The minimum Gasteiger partial charge on any atom is -0.497 e. The number of benzene rings is 2. The molecule has 6 nitrogen and oxygen atoms in total. The van der Waals surface area contributed by atoms with Crippen molar-refractivity contribution in [1.82, 2.24) is 15.2 Å². The molecule has 0 saturated carbocycles. The van der Waals surface area contributed by atoms with Crippen LogP contribution in [0.5, 0.6) is 11.5 Å². The number of halogens is 1. The number of piperidine rings is 1. The molecule has 1 aromatic heterocycles. The summed E-state index contributed by atoms with van der Waals surface area (Å²) >= 11 is 0. The summed E-state index contributed by atoms with van der Waals surface area (Å²) in [6, 6.07) is 15.7. The maximum absolute atomic E-state index is 13.4. The van der Waals surface area contributed by atoms with E-state index < -0.39 is 0 Å². The Kier molecular flexibility index (Phi) is 7.19. The summed E-state index contributed by atoms with van der Waals surface area (Å²) < 4.78 is 24.3. The number of carbonyl (C=O) groups excluding carboxylic acids is 1. The summed E-state index contributed by atoms with van der Waals surface area (Å²) in [6.07, 6.45) is 3.28. The molecule has 1 aliphatic rings. The van der Waals surface area contributed by atoms with Crippen LogP contribution in [0.15, 0.2) is 60.8 Å². The number of amides is 1. The van der Waals surface area contributed by atoms with E-state index in [2.05, 4.69) is 15.2 Å². The van der Waals surface area contributed by atoms with Crippen LogP contribution in [0.1, 0.15) is 28.8 Å².